The second-order valence-corrected chi connectivity index (χ2v) is 6.38. The largest absolute Gasteiger partial charge is 0.391 e. The van der Waals surface area contributed by atoms with Crippen molar-refractivity contribution in [1.82, 2.24) is 4.90 Å². The minimum atomic E-state index is -0.469. The van der Waals surface area contributed by atoms with E-state index in [4.69, 9.17) is 0 Å². The van der Waals surface area contributed by atoms with E-state index in [-0.39, 0.29) is 11.8 Å². The third-order valence-corrected chi connectivity index (χ3v) is 4.58. The normalized spacial score (nSPS) is 22.1. The number of nitrogens with zero attached hydrogens (tertiary/aromatic N) is 2. The van der Waals surface area contributed by atoms with E-state index < -0.39 is 6.10 Å². The molecule has 5 nitrogen and oxygen atoms in total. The zero-order chi connectivity index (χ0) is 16.2. The van der Waals surface area contributed by atoms with Gasteiger partial charge in [-0.1, -0.05) is 0 Å². The number of anilines is 2. The minimum absolute atomic E-state index is 0.271. The number of rotatable bonds is 2. The molecule has 2 aliphatic heterocycles. The number of urea groups is 1. The van der Waals surface area contributed by atoms with Crippen LogP contribution in [-0.4, -0.2) is 48.3 Å². The van der Waals surface area contributed by atoms with Crippen LogP contribution in [0.4, 0.5) is 20.6 Å². The molecule has 0 unspecified atom stereocenters. The van der Waals surface area contributed by atoms with Crippen LogP contribution in [0.3, 0.4) is 0 Å². The summed E-state index contributed by atoms with van der Waals surface area (Å²) in [4.78, 5) is 16.2. The predicted octanol–water partition coefficient (Wildman–Crippen LogP) is 2.80. The summed E-state index contributed by atoms with van der Waals surface area (Å²) in [7, 11) is 0. The van der Waals surface area contributed by atoms with Crippen LogP contribution in [0, 0.1) is 5.82 Å². The monoisotopic (exact) mass is 321 g/mol. The lowest BCUT2D eigenvalue weighted by atomic mass is 10.1. The molecular weight excluding hydrogens is 297 g/mol. The second-order valence-electron chi connectivity index (χ2n) is 6.38. The van der Waals surface area contributed by atoms with E-state index in [1.807, 2.05) is 0 Å². The van der Waals surface area contributed by atoms with Gasteiger partial charge in [-0.2, -0.15) is 0 Å². The Bertz CT molecular complexity index is 561. The molecule has 0 saturated carbocycles. The summed E-state index contributed by atoms with van der Waals surface area (Å²) in [6.07, 6.45) is 4.49. The van der Waals surface area contributed by atoms with Gasteiger partial charge in [0.05, 0.1) is 17.5 Å². The lowest BCUT2D eigenvalue weighted by Crippen LogP contribution is -2.44. The first-order chi connectivity index (χ1) is 11.1. The number of hydrogen-bond donors (Lipinski definition) is 2. The Balaban J connectivity index is 1.75. The van der Waals surface area contributed by atoms with Gasteiger partial charge in [-0.3, -0.25) is 0 Å². The lowest BCUT2D eigenvalue weighted by Gasteiger charge is -2.33. The summed E-state index contributed by atoms with van der Waals surface area (Å²) in [5, 5.41) is 12.5. The second kappa shape index (κ2) is 7.17. The maximum absolute atomic E-state index is 13.6. The molecule has 2 aliphatic rings. The summed E-state index contributed by atoms with van der Waals surface area (Å²) >= 11 is 0. The fourth-order valence-electron chi connectivity index (χ4n) is 3.35. The Morgan fingerprint density at radius 3 is 2.70 bits per heavy atom. The molecule has 0 aromatic heterocycles. The summed E-state index contributed by atoms with van der Waals surface area (Å²) in [5.74, 6) is -0.361. The van der Waals surface area contributed by atoms with Crippen molar-refractivity contribution >= 4 is 17.4 Å². The fraction of sp³-hybridized carbons (Fsp3) is 0.588. The van der Waals surface area contributed by atoms with Gasteiger partial charge in [-0.15, -0.1) is 0 Å². The van der Waals surface area contributed by atoms with Gasteiger partial charge in [-0.25, -0.2) is 9.18 Å². The van der Waals surface area contributed by atoms with Crippen LogP contribution in [0.25, 0.3) is 0 Å². The van der Waals surface area contributed by atoms with Crippen LogP contribution in [0.5, 0.6) is 0 Å². The minimum Gasteiger partial charge on any atom is -0.391 e. The molecule has 23 heavy (non-hydrogen) atoms. The van der Waals surface area contributed by atoms with E-state index in [1.54, 1.807) is 11.0 Å². The molecule has 6 heteroatoms. The van der Waals surface area contributed by atoms with Gasteiger partial charge in [-0.05, 0) is 50.3 Å². The number of aliphatic hydroxyl groups excluding tert-OH is 1. The van der Waals surface area contributed by atoms with Crippen LogP contribution < -0.4 is 10.2 Å². The molecule has 0 aliphatic carbocycles. The van der Waals surface area contributed by atoms with E-state index in [1.165, 1.54) is 18.6 Å². The smallest absolute Gasteiger partial charge is 0.321 e. The molecule has 1 atom stereocenters. The zero-order valence-corrected chi connectivity index (χ0v) is 13.3. The molecule has 2 fully saturated rings. The first-order valence-corrected chi connectivity index (χ1v) is 8.42. The number of aliphatic hydroxyl groups is 1. The van der Waals surface area contributed by atoms with Crippen LogP contribution in [0.2, 0.25) is 0 Å². The first-order valence-electron chi connectivity index (χ1n) is 8.42. The van der Waals surface area contributed by atoms with E-state index in [9.17, 15) is 14.3 Å². The molecule has 2 amide bonds. The van der Waals surface area contributed by atoms with Gasteiger partial charge >= 0.3 is 6.03 Å². The summed E-state index contributed by atoms with van der Waals surface area (Å²) in [6.45, 7) is 2.81. The molecule has 2 heterocycles. The topological polar surface area (TPSA) is 55.8 Å². The van der Waals surface area contributed by atoms with Crippen LogP contribution >= 0.6 is 0 Å². The van der Waals surface area contributed by atoms with Gasteiger partial charge in [0.2, 0.25) is 0 Å². The van der Waals surface area contributed by atoms with E-state index in [0.717, 1.165) is 44.5 Å². The Hall–Kier alpha value is -1.82. The highest BCUT2D eigenvalue weighted by Gasteiger charge is 2.23. The van der Waals surface area contributed by atoms with E-state index in [0.29, 0.717) is 18.8 Å². The quantitative estimate of drug-likeness (QED) is 0.881. The van der Waals surface area contributed by atoms with Gasteiger partial charge in [0.1, 0.15) is 5.82 Å². The fourth-order valence-corrected chi connectivity index (χ4v) is 3.35. The number of benzene rings is 1. The number of halogens is 1. The number of amides is 2. The van der Waals surface area contributed by atoms with Crippen LogP contribution in [0.1, 0.15) is 32.1 Å². The molecular formula is C17H24FN3O2. The molecule has 0 bridgehead atoms. The maximum atomic E-state index is 13.6. The Kier molecular flexibility index (Phi) is 5.00. The lowest BCUT2D eigenvalue weighted by molar-refractivity contribution is 0.0883. The Morgan fingerprint density at radius 2 is 1.96 bits per heavy atom. The molecule has 1 aromatic carbocycles. The highest BCUT2D eigenvalue weighted by Crippen LogP contribution is 2.29. The number of carbonyl (C=O) groups excluding carboxylic acids is 1. The van der Waals surface area contributed by atoms with E-state index >= 15 is 0 Å². The van der Waals surface area contributed by atoms with Gasteiger partial charge in [0, 0.05) is 26.2 Å². The SMILES string of the molecule is O=C(Nc1cc(F)ccc1N1CCCCC1)N1CCC[C@@H](O)C1. The predicted molar refractivity (Wildman–Crippen MR) is 88.3 cm³/mol. The summed E-state index contributed by atoms with van der Waals surface area (Å²) in [5.41, 5.74) is 1.38. The van der Waals surface area contributed by atoms with Crippen molar-refractivity contribution < 1.29 is 14.3 Å². The number of nitrogens with one attached hydrogen (secondary N) is 1. The Morgan fingerprint density at radius 1 is 1.17 bits per heavy atom. The van der Waals surface area contributed by atoms with Gasteiger partial charge in [0.15, 0.2) is 0 Å². The maximum Gasteiger partial charge on any atom is 0.321 e. The first kappa shape index (κ1) is 16.1. The van der Waals surface area contributed by atoms with Crippen molar-refractivity contribution in [3.05, 3.63) is 24.0 Å². The number of piperidine rings is 2. The van der Waals surface area contributed by atoms with Gasteiger partial charge < -0.3 is 20.2 Å². The number of β-amino-alcohol motifs (C(OH)–C–C–N with tert-alkyl or cyclic N) is 1. The summed E-state index contributed by atoms with van der Waals surface area (Å²) in [6, 6.07) is 4.28. The van der Waals surface area contributed by atoms with Crippen molar-refractivity contribution in [2.24, 2.45) is 0 Å². The van der Waals surface area contributed by atoms with Gasteiger partial charge in [0.25, 0.3) is 0 Å². The van der Waals surface area contributed by atoms with Crippen molar-refractivity contribution in [2.45, 2.75) is 38.2 Å². The Labute approximate surface area is 136 Å². The third-order valence-electron chi connectivity index (χ3n) is 4.58. The molecule has 0 spiro atoms. The van der Waals surface area contributed by atoms with Crippen molar-refractivity contribution in [3.8, 4) is 0 Å². The standard InChI is InChI=1S/C17H24FN3O2/c18-13-6-7-16(20-8-2-1-3-9-20)15(11-13)19-17(23)21-10-4-5-14(22)12-21/h6-7,11,14,22H,1-5,8-10,12H2,(H,19,23)/t14-/m1/s1. The average Bonchev–Trinajstić information content (AvgIpc) is 2.56. The van der Waals surface area contributed by atoms with Crippen molar-refractivity contribution in [3.63, 3.8) is 0 Å². The van der Waals surface area contributed by atoms with Crippen molar-refractivity contribution in [2.75, 3.05) is 36.4 Å². The number of hydrogen-bond acceptors (Lipinski definition) is 3. The molecule has 1 aromatic rings. The third kappa shape index (κ3) is 3.93. The van der Waals surface area contributed by atoms with E-state index in [2.05, 4.69) is 10.2 Å². The number of likely N-dealkylation sites (tertiary alicyclic amines) is 1. The van der Waals surface area contributed by atoms with Crippen molar-refractivity contribution in [1.29, 1.82) is 0 Å². The van der Waals surface area contributed by atoms with Crippen LogP contribution in [0.15, 0.2) is 18.2 Å². The molecule has 2 saturated heterocycles. The molecule has 126 valence electrons. The molecule has 0 radical (unpaired) electrons. The highest BCUT2D eigenvalue weighted by atomic mass is 19.1. The average molecular weight is 321 g/mol. The summed E-state index contributed by atoms with van der Waals surface area (Å²) < 4.78 is 13.6. The highest BCUT2D eigenvalue weighted by molar-refractivity contribution is 5.93. The number of carbonyl (C=O) groups is 1. The zero-order valence-electron chi connectivity index (χ0n) is 13.3. The molecule has 3 rings (SSSR count). The molecule has 2 N–H and O–H groups in total. The van der Waals surface area contributed by atoms with Crippen LogP contribution in [-0.2, 0) is 0 Å².